The van der Waals surface area contributed by atoms with Gasteiger partial charge in [0.15, 0.2) is 0 Å². The van der Waals surface area contributed by atoms with Crippen molar-refractivity contribution in [2.45, 2.75) is 18.6 Å². The van der Waals surface area contributed by atoms with Gasteiger partial charge in [-0.15, -0.1) is 0 Å². The van der Waals surface area contributed by atoms with Gasteiger partial charge in [-0.25, -0.2) is 13.6 Å². The van der Waals surface area contributed by atoms with Gasteiger partial charge in [-0.2, -0.15) is 0 Å². The standard InChI is InChI=1S/C11H15N3O4S/c1-8-2-3-10(14(15)16)11(6-8)13-5-4-9(7-13)19(12,17)18/h2-3,6,9H,4-5,7H2,1H3,(H2,12,17,18). The second kappa shape index (κ2) is 4.78. The molecule has 1 unspecified atom stereocenters. The summed E-state index contributed by atoms with van der Waals surface area (Å²) in [5.41, 5.74) is 1.33. The topological polar surface area (TPSA) is 107 Å². The zero-order valence-corrected chi connectivity index (χ0v) is 11.3. The summed E-state index contributed by atoms with van der Waals surface area (Å²) in [6.07, 6.45) is 0.393. The van der Waals surface area contributed by atoms with E-state index in [4.69, 9.17) is 5.14 Å². The minimum absolute atomic E-state index is 0.0133. The zero-order chi connectivity index (χ0) is 14.2. The maximum atomic E-state index is 11.3. The van der Waals surface area contributed by atoms with E-state index in [0.717, 1.165) is 5.56 Å². The number of nitro groups is 1. The highest BCUT2D eigenvalue weighted by Crippen LogP contribution is 2.32. The van der Waals surface area contributed by atoms with Crippen molar-refractivity contribution in [3.05, 3.63) is 33.9 Å². The Kier molecular flexibility index (Phi) is 3.46. The lowest BCUT2D eigenvalue weighted by atomic mass is 10.2. The lowest BCUT2D eigenvalue weighted by molar-refractivity contribution is -0.384. The summed E-state index contributed by atoms with van der Waals surface area (Å²) in [6, 6.07) is 4.80. The molecule has 0 amide bonds. The maximum Gasteiger partial charge on any atom is 0.292 e. The first kappa shape index (κ1) is 13.8. The molecule has 8 heteroatoms. The minimum atomic E-state index is -3.60. The van der Waals surface area contributed by atoms with Crippen molar-refractivity contribution in [2.24, 2.45) is 5.14 Å². The summed E-state index contributed by atoms with van der Waals surface area (Å²) in [6.45, 7) is 2.48. The third kappa shape index (κ3) is 2.85. The Labute approximate surface area is 111 Å². The maximum absolute atomic E-state index is 11.3. The molecule has 1 heterocycles. The molecule has 2 N–H and O–H groups in total. The lowest BCUT2D eigenvalue weighted by Crippen LogP contribution is -2.31. The van der Waals surface area contributed by atoms with Gasteiger partial charge in [0.1, 0.15) is 5.69 Å². The monoisotopic (exact) mass is 285 g/mol. The molecule has 2 rings (SSSR count). The molecule has 0 spiro atoms. The van der Waals surface area contributed by atoms with Gasteiger partial charge < -0.3 is 4.90 Å². The van der Waals surface area contributed by atoms with Crippen LogP contribution in [0.2, 0.25) is 0 Å². The average Bonchev–Trinajstić information content (AvgIpc) is 2.77. The van der Waals surface area contributed by atoms with E-state index >= 15 is 0 Å². The third-order valence-corrected chi connectivity index (χ3v) is 4.59. The fourth-order valence-corrected chi connectivity index (χ4v) is 3.08. The van der Waals surface area contributed by atoms with Crippen LogP contribution < -0.4 is 10.0 Å². The molecule has 19 heavy (non-hydrogen) atoms. The van der Waals surface area contributed by atoms with Crippen molar-refractivity contribution < 1.29 is 13.3 Å². The SMILES string of the molecule is Cc1ccc([N+](=O)[O-])c(N2CCC(S(N)(=O)=O)C2)c1. The van der Waals surface area contributed by atoms with Crippen LogP contribution in [-0.4, -0.2) is 31.7 Å². The fraction of sp³-hybridized carbons (Fsp3) is 0.455. The normalized spacial score (nSPS) is 19.7. The van der Waals surface area contributed by atoms with E-state index in [1.807, 2.05) is 6.92 Å². The summed E-state index contributed by atoms with van der Waals surface area (Å²) >= 11 is 0. The van der Waals surface area contributed by atoms with Gasteiger partial charge in [-0.05, 0) is 25.0 Å². The van der Waals surface area contributed by atoms with Crippen molar-refractivity contribution >= 4 is 21.4 Å². The third-order valence-electron chi connectivity index (χ3n) is 3.28. The van der Waals surface area contributed by atoms with Crippen LogP contribution >= 0.6 is 0 Å². The molecule has 1 aliphatic heterocycles. The van der Waals surface area contributed by atoms with Crippen molar-refractivity contribution in [3.8, 4) is 0 Å². The Balaban J connectivity index is 2.34. The number of benzene rings is 1. The van der Waals surface area contributed by atoms with Crippen LogP contribution in [0.3, 0.4) is 0 Å². The Hall–Kier alpha value is -1.67. The molecule has 7 nitrogen and oxygen atoms in total. The number of nitro benzene ring substituents is 1. The Morgan fingerprint density at radius 2 is 2.16 bits per heavy atom. The number of anilines is 1. The Bertz CT molecular complexity index is 614. The second-order valence-electron chi connectivity index (χ2n) is 4.70. The van der Waals surface area contributed by atoms with Crippen molar-refractivity contribution in [3.63, 3.8) is 0 Å². The molecule has 0 bridgehead atoms. The average molecular weight is 285 g/mol. The van der Waals surface area contributed by atoms with E-state index < -0.39 is 20.2 Å². The molecule has 1 saturated heterocycles. The van der Waals surface area contributed by atoms with Crippen LogP contribution in [0, 0.1) is 17.0 Å². The molecule has 1 aliphatic rings. The van der Waals surface area contributed by atoms with Crippen molar-refractivity contribution in [2.75, 3.05) is 18.0 Å². The minimum Gasteiger partial charge on any atom is -0.365 e. The highest BCUT2D eigenvalue weighted by molar-refractivity contribution is 7.89. The number of nitrogens with zero attached hydrogens (tertiary/aromatic N) is 2. The first-order valence-corrected chi connectivity index (χ1v) is 7.41. The quantitative estimate of drug-likeness (QED) is 0.652. The molecule has 1 atom stereocenters. The first-order chi connectivity index (χ1) is 8.79. The molecule has 0 radical (unpaired) electrons. The van der Waals surface area contributed by atoms with Crippen LogP contribution in [0.5, 0.6) is 0 Å². The van der Waals surface area contributed by atoms with Gasteiger partial charge in [0.2, 0.25) is 10.0 Å². The van der Waals surface area contributed by atoms with Crippen LogP contribution in [-0.2, 0) is 10.0 Å². The summed E-state index contributed by atoms with van der Waals surface area (Å²) in [7, 11) is -3.60. The molecular formula is C11H15N3O4S. The fourth-order valence-electron chi connectivity index (χ4n) is 2.26. The largest absolute Gasteiger partial charge is 0.365 e. The van der Waals surface area contributed by atoms with E-state index in [9.17, 15) is 18.5 Å². The van der Waals surface area contributed by atoms with Gasteiger partial charge >= 0.3 is 0 Å². The lowest BCUT2D eigenvalue weighted by Gasteiger charge is -2.18. The van der Waals surface area contributed by atoms with Gasteiger partial charge in [-0.1, -0.05) is 6.07 Å². The molecule has 104 valence electrons. The predicted octanol–water partition coefficient (Wildman–Crippen LogP) is 0.770. The molecular weight excluding hydrogens is 270 g/mol. The van der Waals surface area contributed by atoms with Crippen LogP contribution in [0.4, 0.5) is 11.4 Å². The van der Waals surface area contributed by atoms with Crippen LogP contribution in [0.25, 0.3) is 0 Å². The van der Waals surface area contributed by atoms with Gasteiger partial charge in [0.25, 0.3) is 5.69 Å². The first-order valence-electron chi connectivity index (χ1n) is 5.80. The number of hydrogen-bond donors (Lipinski definition) is 1. The second-order valence-corrected chi connectivity index (χ2v) is 6.54. The number of nitrogens with two attached hydrogens (primary N) is 1. The van der Waals surface area contributed by atoms with Gasteiger partial charge in [-0.3, -0.25) is 10.1 Å². The van der Waals surface area contributed by atoms with Crippen molar-refractivity contribution in [1.82, 2.24) is 0 Å². The van der Waals surface area contributed by atoms with Gasteiger partial charge in [0, 0.05) is 19.2 Å². The molecule has 1 aromatic carbocycles. The summed E-state index contributed by atoms with van der Waals surface area (Å²) < 4.78 is 22.6. The molecule has 1 aromatic rings. The smallest absolute Gasteiger partial charge is 0.292 e. The highest BCUT2D eigenvalue weighted by Gasteiger charge is 2.33. The molecule has 0 aromatic heterocycles. The summed E-state index contributed by atoms with van der Waals surface area (Å²) in [5.74, 6) is 0. The van der Waals surface area contributed by atoms with Gasteiger partial charge in [0.05, 0.1) is 10.2 Å². The van der Waals surface area contributed by atoms with Crippen molar-refractivity contribution in [1.29, 1.82) is 0 Å². The van der Waals surface area contributed by atoms with E-state index in [1.165, 1.54) is 6.07 Å². The number of hydrogen-bond acceptors (Lipinski definition) is 5. The number of sulfonamides is 1. The Morgan fingerprint density at radius 3 is 2.68 bits per heavy atom. The number of rotatable bonds is 3. The summed E-state index contributed by atoms with van der Waals surface area (Å²) in [4.78, 5) is 12.3. The number of aryl methyl sites for hydroxylation is 1. The van der Waals surface area contributed by atoms with E-state index in [0.29, 0.717) is 18.7 Å². The Morgan fingerprint density at radius 1 is 1.47 bits per heavy atom. The van der Waals surface area contributed by atoms with Crippen LogP contribution in [0.15, 0.2) is 18.2 Å². The van der Waals surface area contributed by atoms with E-state index in [1.54, 1.807) is 17.0 Å². The summed E-state index contributed by atoms with van der Waals surface area (Å²) in [5, 5.41) is 15.5. The highest BCUT2D eigenvalue weighted by atomic mass is 32.2. The predicted molar refractivity (Wildman–Crippen MR) is 71.6 cm³/mol. The van der Waals surface area contributed by atoms with E-state index in [2.05, 4.69) is 0 Å². The van der Waals surface area contributed by atoms with E-state index in [-0.39, 0.29) is 12.2 Å². The molecule has 0 saturated carbocycles. The molecule has 0 aliphatic carbocycles. The zero-order valence-electron chi connectivity index (χ0n) is 10.4. The van der Waals surface area contributed by atoms with Crippen LogP contribution in [0.1, 0.15) is 12.0 Å². The molecule has 1 fully saturated rings. The number of primary sulfonamides is 1.